The van der Waals surface area contributed by atoms with Gasteiger partial charge < -0.3 is 4.57 Å². The van der Waals surface area contributed by atoms with Crippen LogP contribution in [0.3, 0.4) is 0 Å². The first-order valence-electron chi connectivity index (χ1n) is 10.1. The van der Waals surface area contributed by atoms with Crippen LogP contribution in [0.25, 0.3) is 11.1 Å². The fourth-order valence-corrected chi connectivity index (χ4v) is 5.01. The lowest BCUT2D eigenvalue weighted by Crippen LogP contribution is -2.47. The van der Waals surface area contributed by atoms with Crippen molar-refractivity contribution in [1.29, 1.82) is 5.26 Å². The summed E-state index contributed by atoms with van der Waals surface area (Å²) in [4.78, 5) is 19.4. The van der Waals surface area contributed by atoms with E-state index in [9.17, 15) is 10.1 Å². The predicted molar refractivity (Wildman–Crippen MR) is 111 cm³/mol. The Morgan fingerprint density at radius 3 is 2.86 bits per heavy atom. The second kappa shape index (κ2) is 7.31. The van der Waals surface area contributed by atoms with E-state index >= 15 is 0 Å². The number of aromatic nitrogens is 2. The molecule has 144 valence electrons. The van der Waals surface area contributed by atoms with Crippen molar-refractivity contribution in [3.63, 3.8) is 0 Å². The van der Waals surface area contributed by atoms with Gasteiger partial charge in [0, 0.05) is 67.4 Å². The SMILES string of the molecule is N#Cc1cccc(CN2CC3CC(C2)c2c(-c4cccnc4)ccc(=O)n2C3)c1. The summed E-state index contributed by atoms with van der Waals surface area (Å²) in [5, 5.41) is 9.17. The fraction of sp³-hybridized carbons (Fsp3) is 0.292. The van der Waals surface area contributed by atoms with Crippen molar-refractivity contribution in [2.24, 2.45) is 5.92 Å². The lowest BCUT2D eigenvalue weighted by atomic mass is 9.80. The number of pyridine rings is 2. The van der Waals surface area contributed by atoms with Gasteiger partial charge in [0.25, 0.3) is 5.56 Å². The molecule has 0 aliphatic carbocycles. The Morgan fingerprint density at radius 2 is 2.03 bits per heavy atom. The molecule has 0 spiro atoms. The van der Waals surface area contributed by atoms with E-state index in [0.29, 0.717) is 17.4 Å². The first-order valence-corrected chi connectivity index (χ1v) is 10.1. The zero-order valence-electron chi connectivity index (χ0n) is 16.2. The first kappa shape index (κ1) is 17.8. The summed E-state index contributed by atoms with van der Waals surface area (Å²) in [5.74, 6) is 0.799. The molecule has 1 aromatic carbocycles. The fourth-order valence-electron chi connectivity index (χ4n) is 5.01. The molecule has 2 aromatic heterocycles. The minimum atomic E-state index is 0.0949. The topological polar surface area (TPSA) is 61.9 Å². The highest BCUT2D eigenvalue weighted by atomic mass is 16.1. The van der Waals surface area contributed by atoms with E-state index < -0.39 is 0 Å². The molecule has 5 rings (SSSR count). The maximum Gasteiger partial charge on any atom is 0.250 e. The maximum atomic E-state index is 12.6. The molecule has 2 aliphatic rings. The van der Waals surface area contributed by atoms with Gasteiger partial charge in [0.15, 0.2) is 0 Å². The van der Waals surface area contributed by atoms with Crippen LogP contribution in [0.4, 0.5) is 0 Å². The molecule has 0 radical (unpaired) electrons. The van der Waals surface area contributed by atoms with Crippen molar-refractivity contribution in [3.8, 4) is 17.2 Å². The number of nitriles is 1. The average molecular weight is 382 g/mol. The van der Waals surface area contributed by atoms with E-state index in [0.717, 1.165) is 49.4 Å². The van der Waals surface area contributed by atoms with E-state index in [4.69, 9.17) is 0 Å². The quantitative estimate of drug-likeness (QED) is 0.697. The number of benzene rings is 1. The van der Waals surface area contributed by atoms with Crippen molar-refractivity contribution in [1.82, 2.24) is 14.5 Å². The third kappa shape index (κ3) is 3.37. The molecule has 2 bridgehead atoms. The van der Waals surface area contributed by atoms with Gasteiger partial charge in [-0.1, -0.05) is 18.2 Å². The van der Waals surface area contributed by atoms with Gasteiger partial charge >= 0.3 is 0 Å². The lowest BCUT2D eigenvalue weighted by molar-refractivity contribution is 0.115. The van der Waals surface area contributed by atoms with Crippen LogP contribution in [0.15, 0.2) is 65.7 Å². The number of fused-ring (bicyclic) bond motifs is 4. The summed E-state index contributed by atoms with van der Waals surface area (Å²) in [7, 11) is 0. The molecule has 1 saturated heterocycles. The highest BCUT2D eigenvalue weighted by Gasteiger charge is 2.36. The molecular weight excluding hydrogens is 360 g/mol. The molecule has 1 fully saturated rings. The van der Waals surface area contributed by atoms with Crippen LogP contribution < -0.4 is 5.56 Å². The van der Waals surface area contributed by atoms with E-state index in [1.165, 1.54) is 5.56 Å². The zero-order valence-corrected chi connectivity index (χ0v) is 16.2. The maximum absolute atomic E-state index is 12.6. The van der Waals surface area contributed by atoms with Crippen molar-refractivity contribution >= 4 is 0 Å². The molecule has 0 N–H and O–H groups in total. The number of likely N-dealkylation sites (tertiary alicyclic amines) is 1. The summed E-state index contributed by atoms with van der Waals surface area (Å²) in [6, 6.07) is 17.7. The minimum absolute atomic E-state index is 0.0949. The van der Waals surface area contributed by atoms with Crippen LogP contribution in [0.5, 0.6) is 0 Å². The molecule has 2 aliphatic heterocycles. The highest BCUT2D eigenvalue weighted by Crippen LogP contribution is 2.40. The summed E-state index contributed by atoms with van der Waals surface area (Å²) in [6.45, 7) is 3.51. The molecule has 29 heavy (non-hydrogen) atoms. The van der Waals surface area contributed by atoms with Gasteiger partial charge in [-0.15, -0.1) is 0 Å². The average Bonchev–Trinajstić information content (AvgIpc) is 2.75. The number of nitrogens with zero attached hydrogens (tertiary/aromatic N) is 4. The normalized spacial score (nSPS) is 20.7. The Hall–Kier alpha value is -3.23. The number of rotatable bonds is 3. The van der Waals surface area contributed by atoms with Crippen LogP contribution >= 0.6 is 0 Å². The second-order valence-electron chi connectivity index (χ2n) is 8.13. The van der Waals surface area contributed by atoms with Crippen molar-refractivity contribution < 1.29 is 0 Å². The molecule has 2 atom stereocenters. The summed E-state index contributed by atoms with van der Waals surface area (Å²) in [6.07, 6.45) is 4.77. The van der Waals surface area contributed by atoms with Crippen molar-refractivity contribution in [2.45, 2.75) is 25.4 Å². The number of hydrogen-bond donors (Lipinski definition) is 0. The van der Waals surface area contributed by atoms with Crippen LogP contribution in [0, 0.1) is 17.2 Å². The predicted octanol–water partition coefficient (Wildman–Crippen LogP) is 3.40. The van der Waals surface area contributed by atoms with Gasteiger partial charge in [0.2, 0.25) is 0 Å². The largest absolute Gasteiger partial charge is 0.311 e. The van der Waals surface area contributed by atoms with Crippen LogP contribution in [0.2, 0.25) is 0 Å². The second-order valence-corrected chi connectivity index (χ2v) is 8.13. The molecule has 5 heteroatoms. The zero-order chi connectivity index (χ0) is 19.8. The van der Waals surface area contributed by atoms with E-state index in [1.54, 1.807) is 12.3 Å². The summed E-state index contributed by atoms with van der Waals surface area (Å²) in [5.41, 5.74) is 5.30. The van der Waals surface area contributed by atoms with Gasteiger partial charge in [-0.2, -0.15) is 5.26 Å². The molecular formula is C24H22N4O. The van der Waals surface area contributed by atoms with Gasteiger partial charge in [-0.05, 0) is 42.2 Å². The Kier molecular flexibility index (Phi) is 4.49. The van der Waals surface area contributed by atoms with E-state index in [1.807, 2.05) is 41.1 Å². The van der Waals surface area contributed by atoms with E-state index in [2.05, 4.69) is 28.1 Å². The van der Waals surface area contributed by atoms with Crippen LogP contribution in [-0.4, -0.2) is 27.5 Å². The highest BCUT2D eigenvalue weighted by molar-refractivity contribution is 5.66. The molecule has 5 nitrogen and oxygen atoms in total. The standard InChI is InChI=1S/C24H22N4O/c25-11-17-3-1-4-18(9-17)13-27-14-19-10-21(16-27)24-22(20-5-2-8-26-12-20)6-7-23(29)28(24)15-19/h1-9,12,19,21H,10,13-16H2. The Balaban J connectivity index is 1.49. The van der Waals surface area contributed by atoms with Crippen LogP contribution in [0.1, 0.15) is 29.2 Å². The summed E-state index contributed by atoms with van der Waals surface area (Å²) >= 11 is 0. The molecule has 2 unspecified atom stereocenters. The Morgan fingerprint density at radius 1 is 1.10 bits per heavy atom. The Labute approximate surface area is 169 Å². The summed E-state index contributed by atoms with van der Waals surface area (Å²) < 4.78 is 1.99. The number of hydrogen-bond acceptors (Lipinski definition) is 4. The monoisotopic (exact) mass is 382 g/mol. The molecule has 0 amide bonds. The minimum Gasteiger partial charge on any atom is -0.311 e. The number of piperidine rings is 1. The van der Waals surface area contributed by atoms with Gasteiger partial charge in [-0.3, -0.25) is 14.7 Å². The smallest absolute Gasteiger partial charge is 0.250 e. The molecule has 3 aromatic rings. The van der Waals surface area contributed by atoms with Gasteiger partial charge in [0.05, 0.1) is 11.6 Å². The van der Waals surface area contributed by atoms with Crippen molar-refractivity contribution in [2.75, 3.05) is 13.1 Å². The Bertz CT molecular complexity index is 1150. The third-order valence-corrected chi connectivity index (χ3v) is 6.10. The molecule has 4 heterocycles. The van der Waals surface area contributed by atoms with Gasteiger partial charge in [0.1, 0.15) is 0 Å². The lowest BCUT2D eigenvalue weighted by Gasteiger charge is -2.43. The molecule has 0 saturated carbocycles. The van der Waals surface area contributed by atoms with Gasteiger partial charge in [-0.25, -0.2) is 0 Å². The van der Waals surface area contributed by atoms with E-state index in [-0.39, 0.29) is 5.56 Å². The van der Waals surface area contributed by atoms with Crippen molar-refractivity contribution in [3.05, 3.63) is 88.1 Å². The van der Waals surface area contributed by atoms with Crippen LogP contribution in [-0.2, 0) is 13.1 Å². The third-order valence-electron chi connectivity index (χ3n) is 6.10. The first-order chi connectivity index (χ1) is 14.2.